The smallest absolute Gasteiger partial charge is 0.361 e. The minimum Gasteiger partial charge on any atom is -0.460 e. The molecule has 0 bridgehead atoms. The lowest BCUT2D eigenvalue weighted by Crippen LogP contribution is -2.56. The molecule has 71 heavy (non-hydrogen) atoms. The highest BCUT2D eigenvalue weighted by atomic mass is 32.2. The molecule has 11 N–H and O–H groups in total. The molecule has 0 saturated heterocycles. The Labute approximate surface area is 416 Å². The van der Waals surface area contributed by atoms with Crippen molar-refractivity contribution in [3.05, 3.63) is 48.2 Å². The quantitative estimate of drug-likeness (QED) is 0.0271. The maximum atomic E-state index is 14.1. The fourth-order valence-electron chi connectivity index (χ4n) is 6.47. The maximum Gasteiger partial charge on any atom is 0.361 e. The van der Waals surface area contributed by atoms with Gasteiger partial charge in [0.2, 0.25) is 23.6 Å². The molecule has 0 aromatic rings. The molecule has 0 saturated carbocycles. The van der Waals surface area contributed by atoms with Gasteiger partial charge in [0.15, 0.2) is 0 Å². The van der Waals surface area contributed by atoms with Crippen LogP contribution in [0.25, 0.3) is 0 Å². The Balaban J connectivity index is 3.64. The van der Waals surface area contributed by atoms with Crippen LogP contribution in [0.1, 0.15) is 106 Å². The first-order valence-corrected chi connectivity index (χ1v) is 24.9. The third-order valence-electron chi connectivity index (χ3n) is 10.6. The molecule has 1 unspecified atom stereocenters. The molecule has 24 nitrogen and oxygen atoms in total. The van der Waals surface area contributed by atoms with Crippen molar-refractivity contribution in [1.82, 2.24) is 41.9 Å². The van der Waals surface area contributed by atoms with Crippen LogP contribution in [0.2, 0.25) is 0 Å². The van der Waals surface area contributed by atoms with Crippen molar-refractivity contribution in [1.29, 1.82) is 0 Å². The van der Waals surface area contributed by atoms with Crippen molar-refractivity contribution in [2.75, 3.05) is 33.3 Å². The van der Waals surface area contributed by atoms with Crippen molar-refractivity contribution in [2.24, 2.45) is 23.0 Å². The molecule has 1 heterocycles. The van der Waals surface area contributed by atoms with Gasteiger partial charge in [0.1, 0.15) is 36.5 Å². The van der Waals surface area contributed by atoms with E-state index in [2.05, 4.69) is 51.1 Å². The molecule has 400 valence electrons. The van der Waals surface area contributed by atoms with Gasteiger partial charge in [0, 0.05) is 32.7 Å². The van der Waals surface area contributed by atoms with Gasteiger partial charge in [0.05, 0.1) is 18.1 Å². The molecule has 9 amide bonds. The van der Waals surface area contributed by atoms with Gasteiger partial charge in [0.25, 0.3) is 5.91 Å². The first-order chi connectivity index (χ1) is 33.3. The lowest BCUT2D eigenvalue weighted by Gasteiger charge is -2.34. The Morgan fingerprint density at radius 3 is 2.23 bits per heavy atom. The summed E-state index contributed by atoms with van der Waals surface area (Å²) in [6.45, 7) is 10.0. The van der Waals surface area contributed by atoms with Crippen molar-refractivity contribution in [2.45, 2.75) is 137 Å². The average molecular weight is 1030 g/mol. The molecule has 1 aliphatic heterocycles. The molecular formula is C46H75N9O15S. The molecule has 1 rings (SSSR count). The van der Waals surface area contributed by atoms with E-state index >= 15 is 0 Å². The standard InChI is InChI=1S/C46H75N9O15S/c1-9-18-32-42(61)54-33(21-17-24-48-45(64)55-71(65,66)67)40(59)49-27-38(57)53-34(26-51-44(47)63)41(60)50-28-39(58)70-36(25-31(68-8)20-16-14-12-10-11-13-15-19-29(2)3)46(6,7)43(62)69-35(30(4)5)22-23-37(56)52-32/h12,14,16,18,20,22-23,29-31,33-36H,9-11,13,15,17,19,21,24-28H2,1-8H3,(H,49,59)(H,50,60)(H,52,56)(H,53,57)(H,54,61)(H3,47,51,63)(H2,48,55,64)(H,65,66,67)/b14-12+,20-16+,23-22+,32-18+/t31-,33?,34-,35-,36-/m0/s1. The van der Waals surface area contributed by atoms with Crippen molar-refractivity contribution >= 4 is 63.8 Å². The first-order valence-electron chi connectivity index (χ1n) is 23.5. The highest BCUT2D eigenvalue weighted by Crippen LogP contribution is 2.31. The van der Waals surface area contributed by atoms with E-state index in [0.717, 1.165) is 31.8 Å². The minimum absolute atomic E-state index is 0.0596. The van der Waals surface area contributed by atoms with Gasteiger partial charge in [-0.25, -0.2) is 14.3 Å². The van der Waals surface area contributed by atoms with Gasteiger partial charge < -0.3 is 57.2 Å². The largest absolute Gasteiger partial charge is 0.460 e. The summed E-state index contributed by atoms with van der Waals surface area (Å²) in [7, 11) is -3.44. The van der Waals surface area contributed by atoms with E-state index in [1.54, 1.807) is 32.9 Å². The van der Waals surface area contributed by atoms with Gasteiger partial charge in [-0.3, -0.25) is 38.1 Å². The summed E-state index contributed by atoms with van der Waals surface area (Å²) in [5, 5.41) is 16.2. The van der Waals surface area contributed by atoms with Crippen LogP contribution >= 0.6 is 0 Å². The number of hydrogen-bond acceptors (Lipinski definition) is 14. The first kappa shape index (κ1) is 62.7. The van der Waals surface area contributed by atoms with Crippen LogP contribution in [0.15, 0.2) is 48.2 Å². The molecule has 0 aromatic carbocycles. The summed E-state index contributed by atoms with van der Waals surface area (Å²) in [4.78, 5) is 118. The molecule has 0 radical (unpaired) electrons. The summed E-state index contributed by atoms with van der Waals surface area (Å²) in [5.74, 6) is -6.33. The monoisotopic (exact) mass is 1030 g/mol. The SMILES string of the molecule is CC/C=C1/NC(=O)/C=C/[C@@H](C(C)C)OC(=O)C(C)(C)[C@H](C[C@H](/C=C/C=C/CCCCCC(C)C)OC)OC(=O)CNC(=O)[C@H](CNC(N)=O)NC(=O)CNC(=O)C(CCCNC(=O)NS(=O)(=O)O)NC1=O. The van der Waals surface area contributed by atoms with Gasteiger partial charge in [-0.15, -0.1) is 0 Å². The van der Waals surface area contributed by atoms with Crippen LogP contribution in [0, 0.1) is 17.3 Å². The van der Waals surface area contributed by atoms with Gasteiger partial charge in [-0.2, -0.15) is 8.42 Å². The van der Waals surface area contributed by atoms with Crippen LogP contribution in [0.5, 0.6) is 0 Å². The van der Waals surface area contributed by atoms with Crippen LogP contribution < -0.4 is 47.7 Å². The number of hydrogen-bond donors (Lipinski definition) is 10. The molecule has 25 heteroatoms. The Morgan fingerprint density at radius 2 is 1.61 bits per heavy atom. The number of methoxy groups -OCH3 is 1. The predicted molar refractivity (Wildman–Crippen MR) is 260 cm³/mol. The second kappa shape index (κ2) is 32.5. The van der Waals surface area contributed by atoms with E-state index < -0.39 is 125 Å². The zero-order valence-corrected chi connectivity index (χ0v) is 42.7. The number of ether oxygens (including phenoxy) is 3. The van der Waals surface area contributed by atoms with Crippen molar-refractivity contribution < 1.29 is 70.3 Å². The number of nitrogens with two attached hydrogens (primary N) is 1. The summed E-state index contributed by atoms with van der Waals surface area (Å²) in [6, 6.07) is -5.41. The Morgan fingerprint density at radius 1 is 0.930 bits per heavy atom. The molecule has 0 aromatic heterocycles. The summed E-state index contributed by atoms with van der Waals surface area (Å²) in [5.41, 5.74) is 3.32. The van der Waals surface area contributed by atoms with E-state index in [-0.39, 0.29) is 37.9 Å². The zero-order chi connectivity index (χ0) is 53.7. The fourth-order valence-corrected chi connectivity index (χ4v) is 6.78. The number of amides is 9. The third-order valence-corrected chi connectivity index (χ3v) is 11.0. The molecular weight excluding hydrogens is 951 g/mol. The summed E-state index contributed by atoms with van der Waals surface area (Å²) < 4.78 is 49.5. The highest BCUT2D eigenvalue weighted by Gasteiger charge is 2.43. The van der Waals surface area contributed by atoms with Crippen molar-refractivity contribution in [3.8, 4) is 0 Å². The number of cyclic esters (lactones) is 2. The molecule has 0 spiro atoms. The average Bonchev–Trinajstić information content (AvgIpc) is 3.28. The Bertz CT molecular complexity index is 2060. The summed E-state index contributed by atoms with van der Waals surface area (Å²) in [6.07, 6.45) is 13.3. The number of nitrogens with one attached hydrogen (secondary N) is 8. The molecule has 0 fully saturated rings. The van der Waals surface area contributed by atoms with Gasteiger partial charge in [-0.05, 0) is 63.9 Å². The normalized spacial score (nSPS) is 22.1. The van der Waals surface area contributed by atoms with E-state index in [4.69, 9.17) is 24.5 Å². The summed E-state index contributed by atoms with van der Waals surface area (Å²) >= 11 is 0. The Hall–Kier alpha value is -6.34. The predicted octanol–water partition coefficient (Wildman–Crippen LogP) is 1.35. The second-order valence-electron chi connectivity index (χ2n) is 17.8. The lowest BCUT2D eigenvalue weighted by atomic mass is 9.83. The number of rotatable bonds is 20. The topological polar surface area (TPSA) is 358 Å². The number of unbranched alkanes of at least 4 members (excludes halogenated alkanes) is 3. The zero-order valence-electron chi connectivity index (χ0n) is 41.9. The second-order valence-corrected chi connectivity index (χ2v) is 19.0. The van der Waals surface area contributed by atoms with Gasteiger partial charge in [-0.1, -0.05) is 84.3 Å². The number of carbonyl (C=O) groups is 9. The third kappa shape index (κ3) is 27.0. The minimum atomic E-state index is -4.88. The highest BCUT2D eigenvalue weighted by molar-refractivity contribution is 7.84. The van der Waals surface area contributed by atoms with Crippen LogP contribution in [-0.2, 0) is 58.1 Å². The Kier molecular flexibility index (Phi) is 28.7. The number of carbonyl (C=O) groups excluding carboxylic acids is 9. The number of esters is 2. The molecule has 5 atom stereocenters. The van der Waals surface area contributed by atoms with E-state index in [9.17, 15) is 51.6 Å². The molecule has 1 aliphatic rings. The van der Waals surface area contributed by atoms with Crippen molar-refractivity contribution in [3.63, 3.8) is 0 Å². The van der Waals surface area contributed by atoms with Crippen LogP contribution in [-0.4, -0.2) is 130 Å². The van der Waals surface area contributed by atoms with Crippen LogP contribution in [0.3, 0.4) is 0 Å². The van der Waals surface area contributed by atoms with E-state index in [1.165, 1.54) is 44.3 Å². The van der Waals surface area contributed by atoms with E-state index in [0.29, 0.717) is 5.92 Å². The van der Waals surface area contributed by atoms with E-state index in [1.807, 2.05) is 12.2 Å². The molecule has 0 aliphatic carbocycles. The number of urea groups is 2. The number of primary amides is 1. The fraction of sp³-hybridized carbons (Fsp3) is 0.630. The van der Waals surface area contributed by atoms with Gasteiger partial charge >= 0.3 is 34.3 Å². The number of allylic oxidation sites excluding steroid dienone is 4. The van der Waals surface area contributed by atoms with Crippen LogP contribution in [0.4, 0.5) is 9.59 Å². The maximum absolute atomic E-state index is 14.1. The lowest BCUT2D eigenvalue weighted by molar-refractivity contribution is -0.175.